The predicted molar refractivity (Wildman–Crippen MR) is 84.6 cm³/mol. The number of carboxylic acids is 1. The number of hydrogen-bond acceptors (Lipinski definition) is 5. The molecule has 0 aliphatic heterocycles. The largest absolute Gasteiger partial charge is 0.479 e. The highest BCUT2D eigenvalue weighted by Gasteiger charge is 2.29. The fourth-order valence-electron chi connectivity index (χ4n) is 1.69. The molecule has 0 fully saturated rings. The van der Waals surface area contributed by atoms with Crippen molar-refractivity contribution in [1.29, 1.82) is 0 Å². The number of hydrogen-bond donors (Lipinski definition) is 3. The molecule has 1 aromatic carbocycles. The van der Waals surface area contributed by atoms with Gasteiger partial charge in [-0.05, 0) is 20.8 Å². The quantitative estimate of drug-likeness (QED) is 0.525. The Bertz CT molecular complexity index is 621. The molecule has 0 heterocycles. The third-order valence-corrected chi connectivity index (χ3v) is 2.66. The molecule has 2 amide bonds. The van der Waals surface area contributed by atoms with Crippen molar-refractivity contribution in [2.45, 2.75) is 32.4 Å². The molecule has 0 spiro atoms. The van der Waals surface area contributed by atoms with Crippen LogP contribution in [0.3, 0.4) is 0 Å². The highest BCUT2D eigenvalue weighted by atomic mass is 16.6. The normalized spacial score (nSPS) is 12.0. The lowest BCUT2D eigenvalue weighted by Crippen LogP contribution is -2.50. The molecule has 1 aromatic rings. The van der Waals surface area contributed by atoms with Gasteiger partial charge in [0.05, 0.1) is 0 Å². The van der Waals surface area contributed by atoms with E-state index in [9.17, 15) is 19.2 Å². The van der Waals surface area contributed by atoms with Crippen molar-refractivity contribution in [3.63, 3.8) is 0 Å². The fourth-order valence-corrected chi connectivity index (χ4v) is 1.69. The number of Topliss-reactive ketones (excluding diaryl/α,β-unsaturated/α-hetero) is 1. The first kappa shape index (κ1) is 19.1. The number of nitrogens with one attached hydrogen (secondary N) is 2. The molecule has 8 nitrogen and oxygen atoms in total. The summed E-state index contributed by atoms with van der Waals surface area (Å²) in [7, 11) is 0. The first-order valence-corrected chi connectivity index (χ1v) is 7.18. The number of amides is 2. The molecule has 0 aromatic heterocycles. The van der Waals surface area contributed by atoms with E-state index in [1.807, 2.05) is 0 Å². The molecule has 1 unspecified atom stereocenters. The van der Waals surface area contributed by atoms with Crippen molar-refractivity contribution < 1.29 is 29.0 Å². The van der Waals surface area contributed by atoms with Gasteiger partial charge in [0.1, 0.15) is 12.1 Å². The minimum absolute atomic E-state index is 0.158. The van der Waals surface area contributed by atoms with E-state index in [1.54, 1.807) is 39.0 Å². The van der Waals surface area contributed by atoms with Crippen LogP contribution in [0.15, 0.2) is 30.3 Å². The van der Waals surface area contributed by atoms with Crippen LogP contribution in [0.1, 0.15) is 31.1 Å². The van der Waals surface area contributed by atoms with Gasteiger partial charge in [-0.25, -0.2) is 9.59 Å². The van der Waals surface area contributed by atoms with Crippen LogP contribution in [-0.4, -0.2) is 47.0 Å². The van der Waals surface area contributed by atoms with Gasteiger partial charge in [0.25, 0.3) is 0 Å². The molecule has 0 radical (unpaired) electrons. The van der Waals surface area contributed by atoms with E-state index in [0.717, 1.165) is 0 Å². The summed E-state index contributed by atoms with van der Waals surface area (Å²) in [6.07, 6.45) is -0.820. The number of ketones is 1. The van der Waals surface area contributed by atoms with Gasteiger partial charge >= 0.3 is 12.1 Å². The van der Waals surface area contributed by atoms with Crippen LogP contribution in [0.2, 0.25) is 0 Å². The topological polar surface area (TPSA) is 122 Å². The lowest BCUT2D eigenvalue weighted by atomic mass is 10.0. The van der Waals surface area contributed by atoms with E-state index in [4.69, 9.17) is 9.84 Å². The van der Waals surface area contributed by atoms with Crippen molar-refractivity contribution in [3.8, 4) is 0 Å². The molecule has 24 heavy (non-hydrogen) atoms. The zero-order valence-electron chi connectivity index (χ0n) is 13.7. The third kappa shape index (κ3) is 6.47. The predicted octanol–water partition coefficient (Wildman–Crippen LogP) is 0.963. The van der Waals surface area contributed by atoms with Gasteiger partial charge in [0.2, 0.25) is 5.91 Å². The summed E-state index contributed by atoms with van der Waals surface area (Å²) >= 11 is 0. The van der Waals surface area contributed by atoms with Crippen molar-refractivity contribution in [1.82, 2.24) is 10.6 Å². The standard InChI is InChI=1S/C16H20N2O6/c1-16(2,3)24-15(23)17-9-11(19)18-12(14(21)22)13(20)10-7-5-4-6-8-10/h4-8,12H,9H2,1-3H3,(H,17,23)(H,18,19)(H,21,22). The second-order valence-corrected chi connectivity index (χ2v) is 5.92. The first-order valence-electron chi connectivity index (χ1n) is 7.18. The summed E-state index contributed by atoms with van der Waals surface area (Å²) < 4.78 is 4.94. The summed E-state index contributed by atoms with van der Waals surface area (Å²) in [5.41, 5.74) is -0.571. The van der Waals surface area contributed by atoms with E-state index in [2.05, 4.69) is 10.6 Å². The number of aliphatic carboxylic acids is 1. The summed E-state index contributed by atoms with van der Waals surface area (Å²) in [6, 6.07) is 6.00. The maximum absolute atomic E-state index is 12.1. The molecule has 0 saturated heterocycles. The van der Waals surface area contributed by atoms with E-state index >= 15 is 0 Å². The molecule has 130 valence electrons. The lowest BCUT2D eigenvalue weighted by molar-refractivity contribution is -0.140. The van der Waals surface area contributed by atoms with Crippen LogP contribution in [0, 0.1) is 0 Å². The molecule has 1 atom stereocenters. The minimum atomic E-state index is -1.74. The zero-order valence-corrected chi connectivity index (χ0v) is 13.7. The van der Waals surface area contributed by atoms with Crippen LogP contribution >= 0.6 is 0 Å². The molecular formula is C16H20N2O6. The summed E-state index contributed by atoms with van der Waals surface area (Å²) in [5.74, 6) is -3.07. The van der Waals surface area contributed by atoms with Crippen molar-refractivity contribution >= 4 is 23.8 Å². The third-order valence-electron chi connectivity index (χ3n) is 2.66. The van der Waals surface area contributed by atoms with Gasteiger partial charge in [-0.2, -0.15) is 0 Å². The number of ether oxygens (including phenoxy) is 1. The van der Waals surface area contributed by atoms with Crippen LogP contribution in [0.25, 0.3) is 0 Å². The second-order valence-electron chi connectivity index (χ2n) is 5.92. The summed E-state index contributed by atoms with van der Waals surface area (Å²) in [6.45, 7) is 4.46. The molecular weight excluding hydrogens is 316 g/mol. The minimum Gasteiger partial charge on any atom is -0.479 e. The summed E-state index contributed by atoms with van der Waals surface area (Å²) in [5, 5.41) is 13.4. The smallest absolute Gasteiger partial charge is 0.408 e. The molecule has 0 aliphatic carbocycles. The second kappa shape index (κ2) is 8.09. The maximum atomic E-state index is 12.1. The average Bonchev–Trinajstić information content (AvgIpc) is 2.49. The highest BCUT2D eigenvalue weighted by Crippen LogP contribution is 2.06. The number of carbonyl (C=O) groups is 4. The molecule has 1 rings (SSSR count). The van der Waals surface area contributed by atoms with Crippen molar-refractivity contribution in [2.24, 2.45) is 0 Å². The lowest BCUT2D eigenvalue weighted by Gasteiger charge is -2.20. The Balaban J connectivity index is 2.63. The molecule has 0 bridgehead atoms. The van der Waals surface area contributed by atoms with Crippen LogP contribution in [0.4, 0.5) is 4.79 Å². The molecule has 8 heteroatoms. The van der Waals surface area contributed by atoms with Gasteiger partial charge in [0, 0.05) is 5.56 Å². The Labute approximate surface area is 139 Å². The van der Waals surface area contributed by atoms with Crippen LogP contribution < -0.4 is 10.6 Å². The Hall–Kier alpha value is -2.90. The van der Waals surface area contributed by atoms with Crippen molar-refractivity contribution in [3.05, 3.63) is 35.9 Å². The van der Waals surface area contributed by atoms with Gasteiger partial charge in [-0.3, -0.25) is 9.59 Å². The molecule has 0 saturated carbocycles. The van der Waals surface area contributed by atoms with E-state index in [-0.39, 0.29) is 5.56 Å². The number of rotatable bonds is 6. The van der Waals surface area contributed by atoms with Crippen LogP contribution in [0.5, 0.6) is 0 Å². The fraction of sp³-hybridized carbons (Fsp3) is 0.375. The first-order chi connectivity index (χ1) is 11.1. The monoisotopic (exact) mass is 336 g/mol. The van der Waals surface area contributed by atoms with E-state index in [1.165, 1.54) is 12.1 Å². The molecule has 3 N–H and O–H groups in total. The van der Waals surface area contributed by atoms with E-state index < -0.39 is 41.9 Å². The van der Waals surface area contributed by atoms with Gasteiger partial charge in [0.15, 0.2) is 11.8 Å². The molecule has 0 aliphatic rings. The Morgan fingerprint density at radius 2 is 1.71 bits per heavy atom. The Morgan fingerprint density at radius 1 is 1.12 bits per heavy atom. The average molecular weight is 336 g/mol. The Morgan fingerprint density at radius 3 is 2.21 bits per heavy atom. The van der Waals surface area contributed by atoms with Gasteiger partial charge < -0.3 is 20.5 Å². The highest BCUT2D eigenvalue weighted by molar-refractivity contribution is 6.13. The van der Waals surface area contributed by atoms with Gasteiger partial charge in [-0.1, -0.05) is 30.3 Å². The number of benzene rings is 1. The van der Waals surface area contributed by atoms with Crippen molar-refractivity contribution in [2.75, 3.05) is 6.54 Å². The summed E-state index contributed by atoms with van der Waals surface area (Å²) in [4.78, 5) is 46.6. The zero-order chi connectivity index (χ0) is 18.3. The van der Waals surface area contributed by atoms with Crippen LogP contribution in [-0.2, 0) is 14.3 Å². The SMILES string of the molecule is CC(C)(C)OC(=O)NCC(=O)NC(C(=O)O)C(=O)c1ccccc1. The number of alkyl carbamates (subject to hydrolysis) is 1. The van der Waals surface area contributed by atoms with Gasteiger partial charge in [-0.15, -0.1) is 0 Å². The van der Waals surface area contributed by atoms with E-state index in [0.29, 0.717) is 0 Å². The number of carboxylic acid groups (broad SMARTS) is 1. The Kier molecular flexibility index (Phi) is 6.46. The number of carbonyl (C=O) groups excluding carboxylic acids is 3. The maximum Gasteiger partial charge on any atom is 0.408 e.